The number of aromatic hydroxyl groups is 2. The van der Waals surface area contributed by atoms with Crippen molar-refractivity contribution in [2.24, 2.45) is 4.99 Å². The molecular formula is C20H12Br2FN3O2. The largest absolute Gasteiger partial charge is 0.506 e. The number of phenolic OH excluding ortho intramolecular Hbond substituents is 2. The summed E-state index contributed by atoms with van der Waals surface area (Å²) in [6.45, 7) is 0. The highest BCUT2D eigenvalue weighted by Gasteiger charge is 2.13. The molecule has 1 aromatic heterocycles. The van der Waals surface area contributed by atoms with Crippen molar-refractivity contribution in [1.29, 1.82) is 0 Å². The molecule has 0 aliphatic carbocycles. The first kappa shape index (κ1) is 18.6. The van der Waals surface area contributed by atoms with Gasteiger partial charge in [-0.3, -0.25) is 4.99 Å². The van der Waals surface area contributed by atoms with Crippen molar-refractivity contribution in [2.45, 2.75) is 0 Å². The summed E-state index contributed by atoms with van der Waals surface area (Å²) < 4.78 is 13.7. The van der Waals surface area contributed by atoms with E-state index in [2.05, 4.69) is 46.8 Å². The fraction of sp³-hybridized carbons (Fsp3) is 0. The second kappa shape index (κ2) is 7.37. The number of nitrogens with zero attached hydrogens (tertiary/aromatic N) is 2. The van der Waals surface area contributed by atoms with Gasteiger partial charge in [0.15, 0.2) is 0 Å². The Bertz CT molecular complexity index is 1220. The fourth-order valence-corrected chi connectivity index (χ4v) is 3.84. The third-order valence-corrected chi connectivity index (χ3v) is 5.49. The molecule has 5 nitrogen and oxygen atoms in total. The first-order chi connectivity index (χ1) is 13.4. The minimum absolute atomic E-state index is 0.0816. The van der Waals surface area contributed by atoms with Gasteiger partial charge in [-0.05, 0) is 80.4 Å². The SMILES string of the molecule is Oc1c(Br)cc(C=Nc2ccc3nc(-c4ccc(F)cc4)[nH]c3c2)c(O)c1Br. The quantitative estimate of drug-likeness (QED) is 0.297. The summed E-state index contributed by atoms with van der Waals surface area (Å²) in [5.41, 5.74) is 3.42. The van der Waals surface area contributed by atoms with E-state index in [9.17, 15) is 14.6 Å². The minimum Gasteiger partial charge on any atom is -0.506 e. The molecule has 140 valence electrons. The minimum atomic E-state index is -0.299. The number of aromatic amines is 1. The van der Waals surface area contributed by atoms with E-state index in [-0.39, 0.29) is 21.8 Å². The molecule has 0 aliphatic rings. The lowest BCUT2D eigenvalue weighted by molar-refractivity contribution is 0.442. The third-order valence-electron chi connectivity index (χ3n) is 4.13. The Balaban J connectivity index is 1.67. The first-order valence-electron chi connectivity index (χ1n) is 8.12. The molecule has 0 atom stereocenters. The molecule has 0 spiro atoms. The van der Waals surface area contributed by atoms with E-state index in [1.807, 2.05) is 12.1 Å². The van der Waals surface area contributed by atoms with Crippen molar-refractivity contribution in [2.75, 3.05) is 0 Å². The second-order valence-corrected chi connectivity index (χ2v) is 7.66. The number of rotatable bonds is 3. The molecular weight excluding hydrogens is 493 g/mol. The fourth-order valence-electron chi connectivity index (χ4n) is 2.68. The molecule has 0 amide bonds. The molecule has 4 aromatic rings. The van der Waals surface area contributed by atoms with Gasteiger partial charge in [-0.15, -0.1) is 0 Å². The van der Waals surface area contributed by atoms with E-state index in [0.717, 1.165) is 16.6 Å². The Kier molecular flexibility index (Phi) is 4.91. The molecule has 0 saturated heterocycles. The van der Waals surface area contributed by atoms with E-state index in [4.69, 9.17) is 0 Å². The molecule has 3 N–H and O–H groups in total. The number of hydrogen-bond acceptors (Lipinski definition) is 4. The number of imidazole rings is 1. The molecule has 0 radical (unpaired) electrons. The standard InChI is InChI=1S/C20H12Br2FN3O2/c21-14-7-11(18(27)17(22)19(14)28)9-24-13-5-6-15-16(8-13)26-20(25-15)10-1-3-12(23)4-2-10/h1-9,27-28H,(H,25,26). The van der Waals surface area contributed by atoms with Crippen LogP contribution in [-0.4, -0.2) is 26.4 Å². The van der Waals surface area contributed by atoms with Gasteiger partial charge in [0.2, 0.25) is 0 Å². The van der Waals surface area contributed by atoms with Gasteiger partial charge in [-0.2, -0.15) is 0 Å². The van der Waals surface area contributed by atoms with Crippen LogP contribution >= 0.6 is 31.9 Å². The number of phenols is 2. The lowest BCUT2D eigenvalue weighted by Gasteiger charge is -2.06. The molecule has 0 fully saturated rings. The number of hydrogen-bond donors (Lipinski definition) is 3. The lowest BCUT2D eigenvalue weighted by atomic mass is 10.2. The Hall–Kier alpha value is -2.71. The molecule has 3 aromatic carbocycles. The van der Waals surface area contributed by atoms with Crippen molar-refractivity contribution in [1.82, 2.24) is 9.97 Å². The maximum atomic E-state index is 13.1. The molecule has 0 bridgehead atoms. The molecule has 4 rings (SSSR count). The number of H-pyrrole nitrogens is 1. The number of halogens is 3. The van der Waals surface area contributed by atoms with Gasteiger partial charge in [0.1, 0.15) is 27.6 Å². The highest BCUT2D eigenvalue weighted by molar-refractivity contribution is 9.11. The Morgan fingerprint density at radius 1 is 1.00 bits per heavy atom. The van der Waals surface area contributed by atoms with Gasteiger partial charge in [0.05, 0.1) is 21.2 Å². The monoisotopic (exact) mass is 503 g/mol. The van der Waals surface area contributed by atoms with Crippen molar-refractivity contribution in [3.63, 3.8) is 0 Å². The van der Waals surface area contributed by atoms with E-state index >= 15 is 0 Å². The maximum Gasteiger partial charge on any atom is 0.147 e. The maximum absolute atomic E-state index is 13.1. The van der Waals surface area contributed by atoms with Crippen LogP contribution in [0.4, 0.5) is 10.1 Å². The molecule has 1 heterocycles. The Morgan fingerprint density at radius 3 is 2.50 bits per heavy atom. The zero-order valence-corrected chi connectivity index (χ0v) is 17.3. The van der Waals surface area contributed by atoms with Gasteiger partial charge >= 0.3 is 0 Å². The van der Waals surface area contributed by atoms with Crippen LogP contribution in [0, 0.1) is 5.82 Å². The zero-order chi connectivity index (χ0) is 19.8. The van der Waals surface area contributed by atoms with E-state index in [1.165, 1.54) is 18.3 Å². The molecule has 0 saturated carbocycles. The zero-order valence-electron chi connectivity index (χ0n) is 14.1. The summed E-state index contributed by atoms with van der Waals surface area (Å²) in [6, 6.07) is 13.1. The van der Waals surface area contributed by atoms with Crippen LogP contribution in [-0.2, 0) is 0 Å². The van der Waals surface area contributed by atoms with Crippen molar-refractivity contribution in [3.05, 3.63) is 68.9 Å². The van der Waals surface area contributed by atoms with Gasteiger partial charge < -0.3 is 15.2 Å². The van der Waals surface area contributed by atoms with Crippen LogP contribution in [0.15, 0.2) is 62.5 Å². The summed E-state index contributed by atoms with van der Waals surface area (Å²) in [5.74, 6) is 0.153. The molecule has 0 unspecified atom stereocenters. The van der Waals surface area contributed by atoms with Crippen molar-refractivity contribution in [3.8, 4) is 22.9 Å². The number of aliphatic imine (C=N–C) groups is 1. The number of fused-ring (bicyclic) bond motifs is 1. The predicted octanol–water partition coefficient (Wildman–Crippen LogP) is 6.06. The van der Waals surface area contributed by atoms with Crippen LogP contribution in [0.25, 0.3) is 22.4 Å². The van der Waals surface area contributed by atoms with Gasteiger partial charge in [0.25, 0.3) is 0 Å². The van der Waals surface area contributed by atoms with E-state index < -0.39 is 0 Å². The van der Waals surface area contributed by atoms with E-state index in [1.54, 1.807) is 24.3 Å². The number of nitrogens with one attached hydrogen (secondary N) is 1. The highest BCUT2D eigenvalue weighted by atomic mass is 79.9. The van der Waals surface area contributed by atoms with Crippen LogP contribution in [0.2, 0.25) is 0 Å². The predicted molar refractivity (Wildman–Crippen MR) is 114 cm³/mol. The van der Waals surface area contributed by atoms with Crippen molar-refractivity contribution >= 4 is 54.8 Å². The smallest absolute Gasteiger partial charge is 0.147 e. The molecule has 0 aliphatic heterocycles. The lowest BCUT2D eigenvalue weighted by Crippen LogP contribution is -1.85. The summed E-state index contributed by atoms with van der Waals surface area (Å²) in [5, 5.41) is 19.9. The summed E-state index contributed by atoms with van der Waals surface area (Å²) in [4.78, 5) is 12.1. The van der Waals surface area contributed by atoms with Crippen molar-refractivity contribution < 1.29 is 14.6 Å². The molecule has 28 heavy (non-hydrogen) atoms. The molecule has 8 heteroatoms. The first-order valence-corrected chi connectivity index (χ1v) is 9.70. The van der Waals surface area contributed by atoms with Crippen LogP contribution < -0.4 is 0 Å². The van der Waals surface area contributed by atoms with Gasteiger partial charge in [-0.25, -0.2) is 9.37 Å². The van der Waals surface area contributed by atoms with Crippen LogP contribution in [0.1, 0.15) is 5.56 Å². The summed E-state index contributed by atoms with van der Waals surface area (Å²) in [7, 11) is 0. The Labute approximate surface area is 175 Å². The van der Waals surface area contributed by atoms with Gasteiger partial charge in [-0.1, -0.05) is 0 Å². The second-order valence-electron chi connectivity index (χ2n) is 6.01. The van der Waals surface area contributed by atoms with E-state index in [0.29, 0.717) is 21.5 Å². The average Bonchev–Trinajstić information content (AvgIpc) is 3.12. The average molecular weight is 505 g/mol. The summed E-state index contributed by atoms with van der Waals surface area (Å²) in [6.07, 6.45) is 1.50. The number of aromatic nitrogens is 2. The third kappa shape index (κ3) is 3.53. The number of benzene rings is 3. The Morgan fingerprint density at radius 2 is 1.75 bits per heavy atom. The van der Waals surface area contributed by atoms with Gasteiger partial charge in [0, 0.05) is 17.3 Å². The van der Waals surface area contributed by atoms with Crippen LogP contribution in [0.5, 0.6) is 11.5 Å². The highest BCUT2D eigenvalue weighted by Crippen LogP contribution is 2.40. The topological polar surface area (TPSA) is 81.5 Å². The normalized spacial score (nSPS) is 11.5. The summed E-state index contributed by atoms with van der Waals surface area (Å²) >= 11 is 6.37. The van der Waals surface area contributed by atoms with Crippen LogP contribution in [0.3, 0.4) is 0 Å².